The molecule has 0 radical (unpaired) electrons. The van der Waals surface area contributed by atoms with Gasteiger partial charge in [0.05, 0.1) is 0 Å². The summed E-state index contributed by atoms with van der Waals surface area (Å²) in [5, 5.41) is 3.76. The van der Waals surface area contributed by atoms with Crippen molar-refractivity contribution in [2.45, 2.75) is 66.8 Å². The van der Waals surface area contributed by atoms with Gasteiger partial charge >= 0.3 is 0 Å². The van der Waals surface area contributed by atoms with Gasteiger partial charge in [-0.05, 0) is 49.0 Å². The van der Waals surface area contributed by atoms with Crippen LogP contribution >= 0.6 is 0 Å². The summed E-state index contributed by atoms with van der Waals surface area (Å²) in [7, 11) is 0. The zero-order chi connectivity index (χ0) is 13.0. The van der Waals surface area contributed by atoms with Crippen LogP contribution in [0.1, 0.15) is 60.8 Å². The summed E-state index contributed by atoms with van der Waals surface area (Å²) < 4.78 is 0. The molecule has 0 bridgehead atoms. The quantitative estimate of drug-likeness (QED) is 0.753. The Hall–Kier alpha value is -0.0400. The van der Waals surface area contributed by atoms with Crippen LogP contribution in [0.2, 0.25) is 0 Å². The fourth-order valence-electron chi connectivity index (χ4n) is 3.81. The second-order valence-corrected chi connectivity index (χ2v) is 6.82. The predicted octanol–water partition coefficient (Wildman–Crippen LogP) is 4.33. The average molecular weight is 239 g/mol. The van der Waals surface area contributed by atoms with E-state index in [1.54, 1.807) is 0 Å². The first-order valence-corrected chi connectivity index (χ1v) is 7.70. The van der Waals surface area contributed by atoms with Gasteiger partial charge in [-0.2, -0.15) is 0 Å². The number of nitrogens with one attached hydrogen (secondary N) is 1. The van der Waals surface area contributed by atoms with E-state index in [0.29, 0.717) is 0 Å². The van der Waals surface area contributed by atoms with E-state index in [4.69, 9.17) is 0 Å². The summed E-state index contributed by atoms with van der Waals surface area (Å²) in [5.74, 6) is 4.34. The lowest BCUT2D eigenvalue weighted by molar-refractivity contribution is 0.0908. The van der Waals surface area contributed by atoms with Crippen molar-refractivity contribution in [1.82, 2.24) is 5.32 Å². The first-order chi connectivity index (χ1) is 7.97. The zero-order valence-corrected chi connectivity index (χ0v) is 12.8. The van der Waals surface area contributed by atoms with Crippen LogP contribution in [0, 0.1) is 29.6 Å². The lowest BCUT2D eigenvalue weighted by atomic mass is 9.65. The van der Waals surface area contributed by atoms with E-state index in [0.717, 1.165) is 42.2 Å². The Morgan fingerprint density at radius 2 is 1.71 bits per heavy atom. The minimum Gasteiger partial charge on any atom is -0.314 e. The molecule has 1 aliphatic carbocycles. The Morgan fingerprint density at radius 3 is 2.18 bits per heavy atom. The van der Waals surface area contributed by atoms with E-state index in [9.17, 15) is 0 Å². The topological polar surface area (TPSA) is 12.0 Å². The molecule has 0 aliphatic heterocycles. The third-order valence-electron chi connectivity index (χ3n) is 4.69. The van der Waals surface area contributed by atoms with Gasteiger partial charge in [-0.1, -0.05) is 48.0 Å². The van der Waals surface area contributed by atoms with E-state index in [1.165, 1.54) is 19.3 Å². The number of rotatable bonds is 5. The third-order valence-corrected chi connectivity index (χ3v) is 4.69. The molecule has 102 valence electrons. The van der Waals surface area contributed by atoms with Crippen molar-refractivity contribution < 1.29 is 0 Å². The summed E-state index contributed by atoms with van der Waals surface area (Å²) in [6.07, 6.45) is 4.31. The standard InChI is InChI=1S/C16H33N/c1-7-17-16(12(4)5)15-10-13(6)8-9-14(15)11(2)3/h11-17H,7-10H2,1-6H3. The maximum absolute atomic E-state index is 3.76. The third kappa shape index (κ3) is 3.98. The van der Waals surface area contributed by atoms with E-state index < -0.39 is 0 Å². The molecule has 4 unspecified atom stereocenters. The average Bonchev–Trinajstić information content (AvgIpc) is 2.24. The minimum atomic E-state index is 0.718. The first kappa shape index (κ1) is 15.0. The molecule has 0 aromatic carbocycles. The van der Waals surface area contributed by atoms with E-state index in [1.807, 2.05) is 0 Å². The Kier molecular flexibility index (Phi) is 5.99. The monoisotopic (exact) mass is 239 g/mol. The van der Waals surface area contributed by atoms with Crippen LogP contribution in [0.15, 0.2) is 0 Å². The van der Waals surface area contributed by atoms with Gasteiger partial charge in [-0.25, -0.2) is 0 Å². The van der Waals surface area contributed by atoms with Gasteiger partial charge in [0.1, 0.15) is 0 Å². The molecule has 4 atom stereocenters. The van der Waals surface area contributed by atoms with Crippen LogP contribution in [0.25, 0.3) is 0 Å². The zero-order valence-electron chi connectivity index (χ0n) is 12.8. The van der Waals surface area contributed by atoms with Crippen LogP contribution in [0.4, 0.5) is 0 Å². The lowest BCUT2D eigenvalue weighted by Crippen LogP contribution is -2.46. The molecule has 0 spiro atoms. The first-order valence-electron chi connectivity index (χ1n) is 7.70. The maximum Gasteiger partial charge on any atom is 0.0121 e. The van der Waals surface area contributed by atoms with Crippen molar-refractivity contribution in [3.05, 3.63) is 0 Å². The molecule has 1 fully saturated rings. The molecule has 1 aliphatic rings. The normalized spacial score (nSPS) is 32.1. The molecule has 0 saturated heterocycles. The summed E-state index contributed by atoms with van der Waals surface area (Å²) >= 11 is 0. The molecule has 17 heavy (non-hydrogen) atoms. The molecular formula is C16H33N. The van der Waals surface area contributed by atoms with Gasteiger partial charge in [0.25, 0.3) is 0 Å². The Balaban J connectivity index is 2.78. The van der Waals surface area contributed by atoms with Gasteiger partial charge < -0.3 is 5.32 Å². The van der Waals surface area contributed by atoms with E-state index >= 15 is 0 Å². The van der Waals surface area contributed by atoms with Crippen LogP contribution in [-0.2, 0) is 0 Å². The Morgan fingerprint density at radius 1 is 1.06 bits per heavy atom. The Labute approximate surface area is 109 Å². The van der Waals surface area contributed by atoms with Crippen molar-refractivity contribution >= 4 is 0 Å². The SMILES string of the molecule is CCNC(C(C)C)C1CC(C)CCC1C(C)C. The van der Waals surface area contributed by atoms with Gasteiger partial charge in [0, 0.05) is 6.04 Å². The second-order valence-electron chi connectivity index (χ2n) is 6.82. The molecule has 0 aromatic rings. The van der Waals surface area contributed by atoms with Gasteiger partial charge in [-0.15, -0.1) is 0 Å². The number of hydrogen-bond donors (Lipinski definition) is 1. The fraction of sp³-hybridized carbons (Fsp3) is 1.00. The predicted molar refractivity (Wildman–Crippen MR) is 77.1 cm³/mol. The van der Waals surface area contributed by atoms with Gasteiger partial charge in [0.15, 0.2) is 0 Å². The summed E-state index contributed by atoms with van der Waals surface area (Å²) in [5.41, 5.74) is 0. The van der Waals surface area contributed by atoms with Crippen molar-refractivity contribution in [2.24, 2.45) is 29.6 Å². The molecule has 0 heterocycles. The van der Waals surface area contributed by atoms with Crippen molar-refractivity contribution in [1.29, 1.82) is 0 Å². The maximum atomic E-state index is 3.76. The molecule has 1 saturated carbocycles. The smallest absolute Gasteiger partial charge is 0.0121 e. The van der Waals surface area contributed by atoms with Crippen LogP contribution < -0.4 is 5.32 Å². The van der Waals surface area contributed by atoms with Crippen LogP contribution in [0.5, 0.6) is 0 Å². The molecule has 1 N–H and O–H groups in total. The van der Waals surface area contributed by atoms with Crippen LogP contribution in [-0.4, -0.2) is 12.6 Å². The van der Waals surface area contributed by atoms with Crippen molar-refractivity contribution in [3.8, 4) is 0 Å². The highest BCUT2D eigenvalue weighted by Gasteiger charge is 2.36. The highest BCUT2D eigenvalue weighted by atomic mass is 14.9. The van der Waals surface area contributed by atoms with E-state index in [2.05, 4.69) is 46.9 Å². The van der Waals surface area contributed by atoms with Crippen molar-refractivity contribution in [3.63, 3.8) is 0 Å². The molecule has 0 aromatic heterocycles. The lowest BCUT2D eigenvalue weighted by Gasteiger charge is -2.43. The summed E-state index contributed by atoms with van der Waals surface area (Å²) in [6.45, 7) is 15.4. The fourth-order valence-corrected chi connectivity index (χ4v) is 3.81. The summed E-state index contributed by atoms with van der Waals surface area (Å²) in [6, 6.07) is 0.718. The summed E-state index contributed by atoms with van der Waals surface area (Å²) in [4.78, 5) is 0. The highest BCUT2D eigenvalue weighted by Crippen LogP contribution is 2.41. The Bertz CT molecular complexity index is 210. The molecular weight excluding hydrogens is 206 g/mol. The molecule has 1 heteroatoms. The van der Waals surface area contributed by atoms with Crippen molar-refractivity contribution in [2.75, 3.05) is 6.54 Å². The van der Waals surface area contributed by atoms with E-state index in [-0.39, 0.29) is 0 Å². The molecule has 1 rings (SSSR count). The number of hydrogen-bond acceptors (Lipinski definition) is 1. The highest BCUT2D eigenvalue weighted by molar-refractivity contribution is 4.89. The largest absolute Gasteiger partial charge is 0.314 e. The molecule has 0 amide bonds. The van der Waals surface area contributed by atoms with Crippen LogP contribution in [0.3, 0.4) is 0 Å². The van der Waals surface area contributed by atoms with Gasteiger partial charge in [-0.3, -0.25) is 0 Å². The second kappa shape index (κ2) is 6.78. The molecule has 1 nitrogen and oxygen atoms in total. The minimum absolute atomic E-state index is 0.718. The van der Waals surface area contributed by atoms with Gasteiger partial charge in [0.2, 0.25) is 0 Å².